The van der Waals surface area contributed by atoms with Gasteiger partial charge in [-0.1, -0.05) is 26.0 Å². The number of rotatable bonds is 5. The monoisotopic (exact) mass is 270 g/mol. The van der Waals surface area contributed by atoms with Crippen LogP contribution in [0.25, 0.3) is 17.0 Å². The van der Waals surface area contributed by atoms with Gasteiger partial charge in [-0.25, -0.2) is 4.98 Å². The number of nitrogens with one attached hydrogen (secondary N) is 1. The van der Waals surface area contributed by atoms with Gasteiger partial charge in [-0.05, 0) is 24.6 Å². The summed E-state index contributed by atoms with van der Waals surface area (Å²) in [6.07, 6.45) is 3.43. The van der Waals surface area contributed by atoms with Crippen LogP contribution in [0.5, 0.6) is 0 Å². The van der Waals surface area contributed by atoms with Gasteiger partial charge in [0.1, 0.15) is 12.6 Å². The third kappa shape index (κ3) is 2.58. The Bertz CT molecular complexity index is 699. The molecule has 20 heavy (non-hydrogen) atoms. The molecule has 0 fully saturated rings. The van der Waals surface area contributed by atoms with Crippen molar-refractivity contribution in [3.8, 4) is 6.01 Å². The summed E-state index contributed by atoms with van der Waals surface area (Å²) in [5.41, 5.74) is 2.83. The van der Waals surface area contributed by atoms with E-state index >= 15 is 0 Å². The maximum absolute atomic E-state index is 5.55. The van der Waals surface area contributed by atoms with E-state index in [1.165, 1.54) is 0 Å². The number of hydrogen-bond acceptors (Lipinski definition) is 4. The van der Waals surface area contributed by atoms with E-state index in [-0.39, 0.29) is 0 Å². The fourth-order valence-electron chi connectivity index (χ4n) is 2.09. The normalized spacial score (nSPS) is 11.6. The fourth-order valence-corrected chi connectivity index (χ4v) is 2.09. The van der Waals surface area contributed by atoms with Gasteiger partial charge in [0.25, 0.3) is 0 Å². The number of hydrogen-bond donors (Lipinski definition) is 1. The van der Waals surface area contributed by atoms with Crippen molar-refractivity contribution in [3.63, 3.8) is 0 Å². The number of imidazole rings is 1. The Morgan fingerprint density at radius 1 is 1.30 bits per heavy atom. The zero-order chi connectivity index (χ0) is 13.9. The largest absolute Gasteiger partial charge is 0.431 e. The number of oxazole rings is 1. The molecule has 0 atom stereocenters. The van der Waals surface area contributed by atoms with Crippen LogP contribution >= 0.6 is 0 Å². The highest BCUT2D eigenvalue weighted by Gasteiger charge is 2.09. The van der Waals surface area contributed by atoms with Crippen molar-refractivity contribution in [1.29, 1.82) is 0 Å². The van der Waals surface area contributed by atoms with Crippen LogP contribution in [0.15, 0.2) is 41.3 Å². The number of fused-ring (bicyclic) bond motifs is 1. The smallest absolute Gasteiger partial charge is 0.307 e. The summed E-state index contributed by atoms with van der Waals surface area (Å²) in [4.78, 5) is 8.83. The highest BCUT2D eigenvalue weighted by Crippen LogP contribution is 2.17. The third-order valence-corrected chi connectivity index (χ3v) is 3.06. The van der Waals surface area contributed by atoms with E-state index in [4.69, 9.17) is 4.42 Å². The minimum absolute atomic E-state index is 0.556. The van der Waals surface area contributed by atoms with Crippen molar-refractivity contribution in [2.75, 3.05) is 6.54 Å². The van der Waals surface area contributed by atoms with Crippen LogP contribution in [0.3, 0.4) is 0 Å². The lowest BCUT2D eigenvalue weighted by Crippen LogP contribution is -2.19. The average molecular weight is 270 g/mol. The first-order chi connectivity index (χ1) is 9.74. The van der Waals surface area contributed by atoms with Gasteiger partial charge in [0.15, 0.2) is 0 Å². The summed E-state index contributed by atoms with van der Waals surface area (Å²) in [5, 5.41) is 3.35. The number of para-hydroxylation sites is 2. The molecule has 0 bridgehead atoms. The van der Waals surface area contributed by atoms with E-state index in [0.29, 0.717) is 18.5 Å². The van der Waals surface area contributed by atoms with Gasteiger partial charge in [-0.2, -0.15) is 4.98 Å². The van der Waals surface area contributed by atoms with Gasteiger partial charge in [-0.3, -0.25) is 4.57 Å². The average Bonchev–Trinajstić information content (AvgIpc) is 3.04. The van der Waals surface area contributed by atoms with Crippen molar-refractivity contribution in [2.24, 2.45) is 5.92 Å². The van der Waals surface area contributed by atoms with Crippen LogP contribution in [0.2, 0.25) is 0 Å². The second-order valence-electron chi connectivity index (χ2n) is 5.25. The molecule has 3 rings (SSSR count). The van der Waals surface area contributed by atoms with Crippen molar-refractivity contribution in [3.05, 3.63) is 42.5 Å². The Balaban J connectivity index is 1.79. The molecule has 5 heteroatoms. The maximum atomic E-state index is 5.55. The molecule has 0 aliphatic carbocycles. The van der Waals surface area contributed by atoms with E-state index in [2.05, 4.69) is 29.1 Å². The molecule has 0 aliphatic rings. The minimum atomic E-state index is 0.556. The lowest BCUT2D eigenvalue weighted by molar-refractivity contribution is 0.525. The lowest BCUT2D eigenvalue weighted by Gasteiger charge is -2.04. The lowest BCUT2D eigenvalue weighted by atomic mass is 10.2. The summed E-state index contributed by atoms with van der Waals surface area (Å²) in [6, 6.07) is 8.48. The second kappa shape index (κ2) is 5.46. The zero-order valence-corrected chi connectivity index (χ0v) is 11.7. The van der Waals surface area contributed by atoms with E-state index < -0.39 is 0 Å². The summed E-state index contributed by atoms with van der Waals surface area (Å²) in [5.74, 6) is 0.624. The summed E-state index contributed by atoms with van der Waals surface area (Å²) >= 11 is 0. The molecule has 104 valence electrons. The molecule has 0 saturated carbocycles. The van der Waals surface area contributed by atoms with Gasteiger partial charge in [-0.15, -0.1) is 0 Å². The first kappa shape index (κ1) is 12.9. The topological polar surface area (TPSA) is 55.9 Å². The number of aromatic nitrogens is 3. The van der Waals surface area contributed by atoms with Crippen LogP contribution in [0, 0.1) is 5.92 Å². The van der Waals surface area contributed by atoms with Crippen molar-refractivity contribution in [1.82, 2.24) is 19.9 Å². The molecule has 0 spiro atoms. The minimum Gasteiger partial charge on any atom is -0.431 e. The van der Waals surface area contributed by atoms with Gasteiger partial charge in [0.2, 0.25) is 0 Å². The van der Waals surface area contributed by atoms with Gasteiger partial charge < -0.3 is 9.73 Å². The predicted octanol–water partition coefficient (Wildman–Crippen LogP) is 2.76. The van der Waals surface area contributed by atoms with Crippen LogP contribution in [-0.2, 0) is 6.54 Å². The molecule has 0 amide bonds. The Morgan fingerprint density at radius 3 is 3.00 bits per heavy atom. The van der Waals surface area contributed by atoms with Gasteiger partial charge >= 0.3 is 6.01 Å². The standard InChI is InChI=1S/C15H18N4O/c1-11(2)7-16-8-12-9-20-15(18-12)19-10-17-13-5-3-4-6-14(13)19/h3-6,9-11,16H,7-8H2,1-2H3. The molecule has 5 nitrogen and oxygen atoms in total. The van der Waals surface area contributed by atoms with Crippen molar-refractivity contribution in [2.45, 2.75) is 20.4 Å². The van der Waals surface area contributed by atoms with Crippen LogP contribution in [0.1, 0.15) is 19.5 Å². The van der Waals surface area contributed by atoms with Crippen LogP contribution in [-0.4, -0.2) is 21.1 Å². The van der Waals surface area contributed by atoms with Crippen molar-refractivity contribution < 1.29 is 4.42 Å². The van der Waals surface area contributed by atoms with Crippen LogP contribution in [0.4, 0.5) is 0 Å². The SMILES string of the molecule is CC(C)CNCc1coc(-n2cnc3ccccc32)n1. The molecule has 1 N–H and O–H groups in total. The molecule has 3 aromatic rings. The Labute approximate surface area is 117 Å². The molecule has 1 aromatic carbocycles. The first-order valence-corrected chi connectivity index (χ1v) is 6.81. The van der Waals surface area contributed by atoms with E-state index in [9.17, 15) is 0 Å². The summed E-state index contributed by atoms with van der Waals surface area (Å²) in [6.45, 7) is 6.04. The van der Waals surface area contributed by atoms with E-state index in [0.717, 1.165) is 23.3 Å². The summed E-state index contributed by atoms with van der Waals surface area (Å²) < 4.78 is 7.41. The molecule has 2 heterocycles. The molecule has 0 aliphatic heterocycles. The second-order valence-corrected chi connectivity index (χ2v) is 5.25. The Kier molecular flexibility index (Phi) is 3.52. The quantitative estimate of drug-likeness (QED) is 0.774. The van der Waals surface area contributed by atoms with Crippen LogP contribution < -0.4 is 5.32 Å². The van der Waals surface area contributed by atoms with Gasteiger partial charge in [0.05, 0.1) is 16.7 Å². The number of benzene rings is 1. The summed E-state index contributed by atoms with van der Waals surface area (Å²) in [7, 11) is 0. The van der Waals surface area contributed by atoms with Crippen molar-refractivity contribution >= 4 is 11.0 Å². The molecule has 0 radical (unpaired) electrons. The maximum Gasteiger partial charge on any atom is 0.307 e. The molecule has 0 unspecified atom stereocenters. The Morgan fingerprint density at radius 2 is 2.15 bits per heavy atom. The molecule has 2 aromatic heterocycles. The first-order valence-electron chi connectivity index (χ1n) is 6.81. The predicted molar refractivity (Wildman–Crippen MR) is 77.7 cm³/mol. The molecule has 0 saturated heterocycles. The zero-order valence-electron chi connectivity index (χ0n) is 11.7. The number of nitrogens with zero attached hydrogens (tertiary/aromatic N) is 3. The van der Waals surface area contributed by atoms with E-state index in [1.807, 2.05) is 28.8 Å². The molecular formula is C15H18N4O. The molecular weight excluding hydrogens is 252 g/mol. The van der Waals surface area contributed by atoms with E-state index in [1.54, 1.807) is 12.6 Å². The highest BCUT2D eigenvalue weighted by atomic mass is 16.4. The highest BCUT2D eigenvalue weighted by molar-refractivity contribution is 5.76. The fraction of sp³-hybridized carbons (Fsp3) is 0.333. The Hall–Kier alpha value is -2.14. The van der Waals surface area contributed by atoms with Gasteiger partial charge in [0, 0.05) is 6.54 Å². The third-order valence-electron chi connectivity index (χ3n) is 3.06.